The number of halogens is 1. The van der Waals surface area contributed by atoms with E-state index in [1.54, 1.807) is 13.8 Å². The Morgan fingerprint density at radius 3 is 2.76 bits per heavy atom. The Balaban J connectivity index is 2.48. The highest BCUT2D eigenvalue weighted by atomic mass is 19.1. The molecule has 1 heterocycles. The summed E-state index contributed by atoms with van der Waals surface area (Å²) in [5, 5.41) is 9.04. The zero-order chi connectivity index (χ0) is 15.6. The van der Waals surface area contributed by atoms with Gasteiger partial charge in [-0.05, 0) is 26.0 Å². The Morgan fingerprint density at radius 2 is 2.14 bits per heavy atom. The van der Waals surface area contributed by atoms with Crippen LogP contribution in [0.1, 0.15) is 30.2 Å². The molecule has 21 heavy (non-hydrogen) atoms. The maximum Gasteiger partial charge on any atom is 0.339 e. The van der Waals surface area contributed by atoms with Gasteiger partial charge in [-0.3, -0.25) is 4.79 Å². The summed E-state index contributed by atoms with van der Waals surface area (Å²) in [6.07, 6.45) is 2.85. The smallest absolute Gasteiger partial charge is 0.339 e. The van der Waals surface area contributed by atoms with E-state index in [1.165, 1.54) is 17.0 Å². The number of hydrogen-bond donors (Lipinski definition) is 1. The largest absolute Gasteiger partial charge is 0.478 e. The SMILES string of the molecule is CC(C)n1ccnc(Oc2cc(F)ccc2C(=O)O)c1=O. The molecule has 2 aromatic rings. The normalized spacial score (nSPS) is 10.7. The molecule has 0 aliphatic heterocycles. The molecule has 1 N–H and O–H groups in total. The van der Waals surface area contributed by atoms with Crippen LogP contribution in [0.3, 0.4) is 0 Å². The third-order valence-corrected chi connectivity index (χ3v) is 2.77. The van der Waals surface area contributed by atoms with E-state index >= 15 is 0 Å². The van der Waals surface area contributed by atoms with Crippen molar-refractivity contribution in [1.82, 2.24) is 9.55 Å². The van der Waals surface area contributed by atoms with Gasteiger partial charge in [-0.1, -0.05) is 0 Å². The average Bonchev–Trinajstić information content (AvgIpc) is 2.40. The second-order valence-electron chi connectivity index (χ2n) is 4.59. The molecule has 0 unspecified atom stereocenters. The fourth-order valence-electron chi connectivity index (χ4n) is 1.74. The standard InChI is InChI=1S/C14H13FN2O4/c1-8(2)17-6-5-16-12(13(17)18)21-11-7-9(15)3-4-10(11)14(19)20/h3-8H,1-2H3,(H,19,20). The predicted octanol–water partition coefficient (Wildman–Crippen LogP) is 2.45. The lowest BCUT2D eigenvalue weighted by molar-refractivity contribution is 0.0694. The fourth-order valence-corrected chi connectivity index (χ4v) is 1.74. The number of carboxylic acids is 1. The Morgan fingerprint density at radius 1 is 1.43 bits per heavy atom. The zero-order valence-electron chi connectivity index (χ0n) is 11.4. The van der Waals surface area contributed by atoms with Gasteiger partial charge in [0, 0.05) is 24.5 Å². The van der Waals surface area contributed by atoms with Crippen molar-refractivity contribution in [3.05, 3.63) is 52.3 Å². The van der Waals surface area contributed by atoms with Crippen molar-refractivity contribution < 1.29 is 19.0 Å². The van der Waals surface area contributed by atoms with Crippen molar-refractivity contribution in [3.63, 3.8) is 0 Å². The summed E-state index contributed by atoms with van der Waals surface area (Å²) < 4.78 is 19.8. The lowest BCUT2D eigenvalue weighted by Gasteiger charge is -2.12. The summed E-state index contributed by atoms with van der Waals surface area (Å²) in [5.41, 5.74) is -0.773. The Hall–Kier alpha value is -2.70. The van der Waals surface area contributed by atoms with Gasteiger partial charge in [-0.15, -0.1) is 0 Å². The summed E-state index contributed by atoms with van der Waals surface area (Å²) in [6.45, 7) is 3.60. The molecule has 0 bridgehead atoms. The van der Waals surface area contributed by atoms with Crippen molar-refractivity contribution >= 4 is 5.97 Å². The maximum atomic E-state index is 13.2. The molecule has 0 atom stereocenters. The lowest BCUT2D eigenvalue weighted by Crippen LogP contribution is -2.23. The number of carboxylic acid groups (broad SMARTS) is 1. The van der Waals surface area contributed by atoms with E-state index in [2.05, 4.69) is 4.98 Å². The van der Waals surface area contributed by atoms with Gasteiger partial charge in [-0.25, -0.2) is 14.2 Å². The lowest BCUT2D eigenvalue weighted by atomic mass is 10.2. The first-order valence-corrected chi connectivity index (χ1v) is 6.18. The van der Waals surface area contributed by atoms with Crippen LogP contribution < -0.4 is 10.3 Å². The summed E-state index contributed by atoms with van der Waals surface area (Å²) in [5.74, 6) is -2.53. The van der Waals surface area contributed by atoms with Crippen molar-refractivity contribution in [1.29, 1.82) is 0 Å². The molecule has 0 saturated heterocycles. The second-order valence-corrected chi connectivity index (χ2v) is 4.59. The van der Waals surface area contributed by atoms with Gasteiger partial charge in [0.1, 0.15) is 17.1 Å². The Kier molecular flexibility index (Phi) is 4.02. The number of aromatic nitrogens is 2. The monoisotopic (exact) mass is 292 g/mol. The molecular weight excluding hydrogens is 279 g/mol. The van der Waals surface area contributed by atoms with Crippen LogP contribution >= 0.6 is 0 Å². The molecule has 0 amide bonds. The number of benzene rings is 1. The van der Waals surface area contributed by atoms with Gasteiger partial charge in [0.2, 0.25) is 0 Å². The first-order valence-electron chi connectivity index (χ1n) is 6.18. The van der Waals surface area contributed by atoms with Gasteiger partial charge in [0.15, 0.2) is 0 Å². The van der Waals surface area contributed by atoms with Crippen molar-refractivity contribution in [2.24, 2.45) is 0 Å². The molecule has 0 radical (unpaired) electrons. The van der Waals surface area contributed by atoms with Gasteiger partial charge in [0.05, 0.1) is 0 Å². The van der Waals surface area contributed by atoms with Crippen LogP contribution in [0.2, 0.25) is 0 Å². The minimum Gasteiger partial charge on any atom is -0.478 e. The quantitative estimate of drug-likeness (QED) is 0.936. The van der Waals surface area contributed by atoms with E-state index < -0.39 is 17.3 Å². The van der Waals surface area contributed by atoms with E-state index in [0.717, 1.165) is 18.2 Å². The van der Waals surface area contributed by atoms with Crippen molar-refractivity contribution in [2.45, 2.75) is 19.9 Å². The third-order valence-electron chi connectivity index (χ3n) is 2.77. The van der Waals surface area contributed by atoms with E-state index in [9.17, 15) is 14.0 Å². The van der Waals surface area contributed by atoms with E-state index in [0.29, 0.717) is 0 Å². The van der Waals surface area contributed by atoms with Gasteiger partial charge in [-0.2, -0.15) is 0 Å². The second kappa shape index (κ2) is 5.74. The Bertz CT molecular complexity index is 740. The maximum absolute atomic E-state index is 13.2. The van der Waals surface area contributed by atoms with Gasteiger partial charge >= 0.3 is 11.5 Å². The first kappa shape index (κ1) is 14.7. The molecule has 2 rings (SSSR count). The van der Waals surface area contributed by atoms with Crippen molar-refractivity contribution in [2.75, 3.05) is 0 Å². The van der Waals surface area contributed by atoms with Crippen LogP contribution in [-0.4, -0.2) is 20.6 Å². The molecule has 6 nitrogen and oxygen atoms in total. The van der Waals surface area contributed by atoms with Crippen LogP contribution in [0.15, 0.2) is 35.4 Å². The van der Waals surface area contributed by atoms with Crippen LogP contribution in [0.5, 0.6) is 11.6 Å². The minimum atomic E-state index is -1.29. The number of rotatable bonds is 4. The van der Waals surface area contributed by atoms with Crippen LogP contribution in [0.25, 0.3) is 0 Å². The molecule has 0 aliphatic rings. The minimum absolute atomic E-state index is 0.116. The Labute approximate surface area is 119 Å². The molecule has 110 valence electrons. The first-order chi connectivity index (χ1) is 9.90. The van der Waals surface area contributed by atoms with Crippen LogP contribution in [-0.2, 0) is 0 Å². The highest BCUT2D eigenvalue weighted by Crippen LogP contribution is 2.23. The van der Waals surface area contributed by atoms with E-state index in [4.69, 9.17) is 9.84 Å². The highest BCUT2D eigenvalue weighted by Gasteiger charge is 2.16. The molecule has 1 aromatic carbocycles. The van der Waals surface area contributed by atoms with E-state index in [-0.39, 0.29) is 23.2 Å². The van der Waals surface area contributed by atoms with Crippen LogP contribution in [0, 0.1) is 5.82 Å². The number of carbonyl (C=O) groups is 1. The summed E-state index contributed by atoms with van der Waals surface area (Å²) >= 11 is 0. The third kappa shape index (κ3) is 3.07. The molecule has 0 spiro atoms. The van der Waals surface area contributed by atoms with Gasteiger partial charge < -0.3 is 14.4 Å². The number of hydrogen-bond acceptors (Lipinski definition) is 4. The summed E-state index contributed by atoms with van der Waals surface area (Å²) in [6, 6.07) is 2.85. The molecule has 0 aliphatic carbocycles. The fraction of sp³-hybridized carbons (Fsp3) is 0.214. The molecule has 7 heteroatoms. The zero-order valence-corrected chi connectivity index (χ0v) is 11.4. The molecule has 1 aromatic heterocycles. The highest BCUT2D eigenvalue weighted by molar-refractivity contribution is 5.90. The molecular formula is C14H13FN2O4. The van der Waals surface area contributed by atoms with Crippen molar-refractivity contribution in [3.8, 4) is 11.6 Å². The predicted molar refractivity (Wildman–Crippen MR) is 72.3 cm³/mol. The summed E-state index contributed by atoms with van der Waals surface area (Å²) in [7, 11) is 0. The average molecular weight is 292 g/mol. The van der Waals surface area contributed by atoms with E-state index in [1.807, 2.05) is 0 Å². The molecule has 0 fully saturated rings. The number of aromatic carboxylic acids is 1. The molecule has 0 saturated carbocycles. The summed E-state index contributed by atoms with van der Waals surface area (Å²) in [4.78, 5) is 27.0. The number of ether oxygens (including phenoxy) is 1. The van der Waals surface area contributed by atoms with Gasteiger partial charge in [0.25, 0.3) is 5.88 Å². The topological polar surface area (TPSA) is 81.4 Å². The number of nitrogens with zero attached hydrogens (tertiary/aromatic N) is 2. The van der Waals surface area contributed by atoms with Crippen LogP contribution in [0.4, 0.5) is 4.39 Å².